The third-order valence-electron chi connectivity index (χ3n) is 2.82. The summed E-state index contributed by atoms with van der Waals surface area (Å²) in [5.41, 5.74) is 0.366. The number of hydrogen-bond donors (Lipinski definition) is 2. The Morgan fingerprint density at radius 3 is 2.62 bits per heavy atom. The number of anilines is 1. The van der Waals surface area contributed by atoms with Crippen LogP contribution in [0.2, 0.25) is 5.02 Å². The van der Waals surface area contributed by atoms with Gasteiger partial charge >= 0.3 is 0 Å². The molecule has 1 aromatic carbocycles. The van der Waals surface area contributed by atoms with Crippen LogP contribution < -0.4 is 14.8 Å². The summed E-state index contributed by atoms with van der Waals surface area (Å²) < 4.78 is 31.7. The molecule has 0 bridgehead atoms. The average Bonchev–Trinajstić information content (AvgIpc) is 2.37. The summed E-state index contributed by atoms with van der Waals surface area (Å²) >= 11 is 5.88. The maximum absolute atomic E-state index is 12.0. The molecular formula is C14H23ClN2O3S. The van der Waals surface area contributed by atoms with Crippen LogP contribution in [0.25, 0.3) is 0 Å². The van der Waals surface area contributed by atoms with Gasteiger partial charge in [-0.2, -0.15) is 0 Å². The first kappa shape index (κ1) is 18.1. The van der Waals surface area contributed by atoms with E-state index in [0.29, 0.717) is 28.9 Å². The van der Waals surface area contributed by atoms with Crippen molar-refractivity contribution in [2.45, 2.75) is 32.7 Å². The molecule has 0 spiro atoms. The predicted octanol–water partition coefficient (Wildman–Crippen LogP) is 2.87. The van der Waals surface area contributed by atoms with E-state index in [9.17, 15) is 8.42 Å². The predicted molar refractivity (Wildman–Crippen MR) is 87.8 cm³/mol. The van der Waals surface area contributed by atoms with Crippen LogP contribution in [0, 0.1) is 0 Å². The minimum absolute atomic E-state index is 0.0719. The largest absolute Gasteiger partial charge is 0.495 e. The Hall–Kier alpha value is -0.980. The smallest absolute Gasteiger partial charge is 0.232 e. The molecule has 0 atom stereocenters. The minimum atomic E-state index is -3.40. The Bertz CT molecular complexity index is 547. The van der Waals surface area contributed by atoms with E-state index in [1.165, 1.54) is 13.2 Å². The van der Waals surface area contributed by atoms with Gasteiger partial charge in [0, 0.05) is 11.1 Å². The molecule has 0 saturated carbocycles. The Morgan fingerprint density at radius 2 is 2.00 bits per heavy atom. The van der Waals surface area contributed by atoms with E-state index >= 15 is 0 Å². The lowest BCUT2D eigenvalue weighted by molar-refractivity contribution is 0.417. The molecule has 0 aliphatic rings. The molecule has 0 heterocycles. The standard InChI is InChI=1S/C14H23ClN2O3S/c1-11(2)16-8-4-5-9-21(18,19)17-13-10-12(15)6-7-14(13)20-3/h6-7,10-11,16-17H,4-5,8-9H2,1-3H3. The van der Waals surface area contributed by atoms with E-state index in [-0.39, 0.29) is 5.75 Å². The molecule has 0 radical (unpaired) electrons. The Labute approximate surface area is 132 Å². The van der Waals surface area contributed by atoms with Crippen LogP contribution in [0.15, 0.2) is 18.2 Å². The van der Waals surface area contributed by atoms with Crippen LogP contribution >= 0.6 is 11.6 Å². The molecule has 0 aliphatic carbocycles. The van der Waals surface area contributed by atoms with Gasteiger partial charge in [-0.1, -0.05) is 25.4 Å². The summed E-state index contributed by atoms with van der Waals surface area (Å²) in [6.07, 6.45) is 1.41. The van der Waals surface area contributed by atoms with Crippen molar-refractivity contribution in [3.63, 3.8) is 0 Å². The zero-order chi connectivity index (χ0) is 15.9. The van der Waals surface area contributed by atoms with Crippen molar-refractivity contribution in [1.29, 1.82) is 0 Å². The summed E-state index contributed by atoms with van der Waals surface area (Å²) in [5, 5.41) is 3.71. The molecule has 0 saturated heterocycles. The number of unbranched alkanes of at least 4 members (excludes halogenated alkanes) is 1. The lowest BCUT2D eigenvalue weighted by Crippen LogP contribution is -2.24. The monoisotopic (exact) mass is 334 g/mol. The van der Waals surface area contributed by atoms with Crippen molar-refractivity contribution in [3.8, 4) is 5.75 Å². The van der Waals surface area contributed by atoms with E-state index in [2.05, 4.69) is 23.9 Å². The third kappa shape index (κ3) is 7.02. The van der Waals surface area contributed by atoms with Gasteiger partial charge in [0.2, 0.25) is 10.0 Å². The van der Waals surface area contributed by atoms with Crippen LogP contribution in [0.3, 0.4) is 0 Å². The van der Waals surface area contributed by atoms with Gasteiger partial charge < -0.3 is 10.1 Å². The number of benzene rings is 1. The molecule has 0 unspecified atom stereocenters. The zero-order valence-corrected chi connectivity index (χ0v) is 14.2. The number of methoxy groups -OCH3 is 1. The maximum Gasteiger partial charge on any atom is 0.232 e. The van der Waals surface area contributed by atoms with Crippen LogP contribution in [-0.4, -0.2) is 33.9 Å². The number of hydrogen-bond acceptors (Lipinski definition) is 4. The van der Waals surface area contributed by atoms with Crippen LogP contribution in [0.1, 0.15) is 26.7 Å². The Morgan fingerprint density at radius 1 is 1.29 bits per heavy atom. The number of rotatable bonds is 9. The molecule has 2 N–H and O–H groups in total. The molecule has 5 nitrogen and oxygen atoms in total. The molecule has 1 rings (SSSR count). The van der Waals surface area contributed by atoms with E-state index in [0.717, 1.165) is 13.0 Å². The van der Waals surface area contributed by atoms with Crippen molar-refractivity contribution in [1.82, 2.24) is 5.32 Å². The molecule has 120 valence electrons. The summed E-state index contributed by atoms with van der Waals surface area (Å²) in [6.45, 7) is 4.93. The molecule has 0 fully saturated rings. The van der Waals surface area contributed by atoms with Gasteiger partial charge in [-0.3, -0.25) is 4.72 Å². The van der Waals surface area contributed by atoms with Crippen molar-refractivity contribution < 1.29 is 13.2 Å². The van der Waals surface area contributed by atoms with Gasteiger partial charge in [-0.05, 0) is 37.6 Å². The van der Waals surface area contributed by atoms with Crippen molar-refractivity contribution in [2.75, 3.05) is 24.1 Å². The molecule has 1 aromatic rings. The zero-order valence-electron chi connectivity index (χ0n) is 12.6. The summed E-state index contributed by atoms with van der Waals surface area (Å²) in [7, 11) is -1.92. The van der Waals surface area contributed by atoms with Gasteiger partial charge in [-0.15, -0.1) is 0 Å². The molecule has 0 aliphatic heterocycles. The highest BCUT2D eigenvalue weighted by atomic mass is 35.5. The summed E-state index contributed by atoms with van der Waals surface area (Å²) in [6, 6.07) is 5.23. The second-order valence-corrected chi connectivity index (χ2v) is 7.36. The third-order valence-corrected chi connectivity index (χ3v) is 4.41. The quantitative estimate of drug-likeness (QED) is 0.681. The van der Waals surface area contributed by atoms with Crippen molar-refractivity contribution in [2.24, 2.45) is 0 Å². The number of ether oxygens (including phenoxy) is 1. The van der Waals surface area contributed by atoms with E-state index in [4.69, 9.17) is 16.3 Å². The topological polar surface area (TPSA) is 67.4 Å². The first-order chi connectivity index (χ1) is 9.84. The second-order valence-electron chi connectivity index (χ2n) is 5.08. The van der Waals surface area contributed by atoms with Crippen molar-refractivity contribution >= 4 is 27.3 Å². The highest BCUT2D eigenvalue weighted by Crippen LogP contribution is 2.28. The molecule has 0 amide bonds. The summed E-state index contributed by atoms with van der Waals surface area (Å²) in [5.74, 6) is 0.520. The Kier molecular flexibility index (Phi) is 7.28. The molecular weight excluding hydrogens is 312 g/mol. The van der Waals surface area contributed by atoms with Crippen LogP contribution in [0.5, 0.6) is 5.75 Å². The molecule has 7 heteroatoms. The minimum Gasteiger partial charge on any atom is -0.495 e. The second kappa shape index (κ2) is 8.46. The van der Waals surface area contributed by atoms with Crippen LogP contribution in [0.4, 0.5) is 5.69 Å². The lowest BCUT2D eigenvalue weighted by atomic mass is 10.3. The lowest BCUT2D eigenvalue weighted by Gasteiger charge is -2.12. The fraction of sp³-hybridized carbons (Fsp3) is 0.571. The van der Waals surface area contributed by atoms with Crippen molar-refractivity contribution in [3.05, 3.63) is 23.2 Å². The SMILES string of the molecule is COc1ccc(Cl)cc1NS(=O)(=O)CCCCNC(C)C. The highest BCUT2D eigenvalue weighted by molar-refractivity contribution is 7.92. The number of nitrogens with one attached hydrogen (secondary N) is 2. The van der Waals surface area contributed by atoms with E-state index in [1.54, 1.807) is 12.1 Å². The van der Waals surface area contributed by atoms with Crippen LogP contribution in [-0.2, 0) is 10.0 Å². The number of sulfonamides is 1. The maximum atomic E-state index is 12.0. The fourth-order valence-electron chi connectivity index (χ4n) is 1.79. The van der Waals surface area contributed by atoms with Gasteiger partial charge in [0.15, 0.2) is 0 Å². The fourth-order valence-corrected chi connectivity index (χ4v) is 3.14. The summed E-state index contributed by atoms with van der Waals surface area (Å²) in [4.78, 5) is 0. The number of halogens is 1. The molecule has 0 aromatic heterocycles. The average molecular weight is 335 g/mol. The van der Waals surface area contributed by atoms with Gasteiger partial charge in [0.1, 0.15) is 5.75 Å². The first-order valence-electron chi connectivity index (χ1n) is 6.91. The van der Waals surface area contributed by atoms with Gasteiger partial charge in [0.25, 0.3) is 0 Å². The Balaban J connectivity index is 2.54. The van der Waals surface area contributed by atoms with Gasteiger partial charge in [0.05, 0.1) is 18.6 Å². The first-order valence-corrected chi connectivity index (χ1v) is 8.94. The van der Waals surface area contributed by atoms with E-state index < -0.39 is 10.0 Å². The normalized spacial score (nSPS) is 11.7. The molecule has 21 heavy (non-hydrogen) atoms. The highest BCUT2D eigenvalue weighted by Gasteiger charge is 2.13. The van der Waals surface area contributed by atoms with E-state index in [1.807, 2.05) is 0 Å². The van der Waals surface area contributed by atoms with Gasteiger partial charge in [-0.25, -0.2) is 8.42 Å².